The maximum atomic E-state index is 13.7. The monoisotopic (exact) mass is 338 g/mol. The Kier molecular flexibility index (Phi) is 5.62. The third-order valence-corrected chi connectivity index (χ3v) is 3.62. The number of ether oxygens (including phenoxy) is 1. The van der Waals surface area contributed by atoms with Crippen LogP contribution in [0.1, 0.15) is 35.6 Å². The Morgan fingerprint density at radius 1 is 1.52 bits per heavy atom. The smallest absolute Gasteiger partial charge is 0.251 e. The molecule has 0 unspecified atom stereocenters. The minimum atomic E-state index is -0.392. The first-order valence-electron chi connectivity index (χ1n) is 7.17. The molecule has 2 aromatic rings. The normalized spacial score (nSPS) is 11.0. The van der Waals surface area contributed by atoms with E-state index in [2.05, 4.69) is 15.5 Å². The second-order valence-electron chi connectivity index (χ2n) is 5.35. The molecule has 0 aliphatic rings. The molecule has 0 fully saturated rings. The van der Waals surface area contributed by atoms with Gasteiger partial charge in [-0.15, -0.1) is 0 Å². The molecule has 0 bridgehead atoms. The van der Waals surface area contributed by atoms with Gasteiger partial charge < -0.3 is 14.6 Å². The number of hydrogen-bond acceptors (Lipinski definition) is 4. The molecule has 2 rings (SSSR count). The number of carbonyl (C=O) groups is 1. The van der Waals surface area contributed by atoms with E-state index in [1.807, 2.05) is 13.8 Å². The number of benzene rings is 1. The molecule has 0 saturated carbocycles. The Hall–Kier alpha value is -2.06. The molecular formula is C15H19FN4O2S. The minimum absolute atomic E-state index is 0.0147. The molecule has 0 aliphatic carbocycles. The number of hydrogen-bond donors (Lipinski definition) is 2. The van der Waals surface area contributed by atoms with Gasteiger partial charge >= 0.3 is 0 Å². The standard InChI is InChI=1S/C15H19FN4O2S/c1-9(2)22-8-11-6-10(4-5-12(11)16)14(21)17-7-13-18-19-15(23)20(13)3/h4-6,9H,7-8H2,1-3H3,(H,17,21)(H,19,23). The van der Waals surface area contributed by atoms with Gasteiger partial charge in [-0.2, -0.15) is 5.10 Å². The van der Waals surface area contributed by atoms with Crippen LogP contribution in [0.4, 0.5) is 4.39 Å². The quantitative estimate of drug-likeness (QED) is 0.794. The molecule has 0 saturated heterocycles. The first-order valence-corrected chi connectivity index (χ1v) is 7.57. The predicted molar refractivity (Wildman–Crippen MR) is 85.9 cm³/mol. The number of nitrogens with zero attached hydrogens (tertiary/aromatic N) is 2. The molecule has 6 nitrogen and oxygen atoms in total. The summed E-state index contributed by atoms with van der Waals surface area (Å²) in [5.74, 6) is -0.102. The maximum Gasteiger partial charge on any atom is 0.251 e. The molecule has 1 aromatic carbocycles. The van der Waals surface area contributed by atoms with Crippen molar-refractivity contribution in [1.82, 2.24) is 20.1 Å². The van der Waals surface area contributed by atoms with E-state index >= 15 is 0 Å². The van der Waals surface area contributed by atoms with Gasteiger partial charge in [-0.3, -0.25) is 9.89 Å². The first kappa shape index (κ1) is 17.3. The zero-order chi connectivity index (χ0) is 17.0. The van der Waals surface area contributed by atoms with Gasteiger partial charge in [0.1, 0.15) is 5.82 Å². The zero-order valence-corrected chi connectivity index (χ0v) is 14.0. The van der Waals surface area contributed by atoms with E-state index in [-0.39, 0.29) is 25.2 Å². The Labute approximate surface area is 138 Å². The predicted octanol–water partition coefficient (Wildman–Crippen LogP) is 2.47. The van der Waals surface area contributed by atoms with Crippen molar-refractivity contribution in [2.75, 3.05) is 0 Å². The number of carbonyl (C=O) groups excluding carboxylic acids is 1. The van der Waals surface area contributed by atoms with Gasteiger partial charge in [-0.05, 0) is 44.3 Å². The Morgan fingerprint density at radius 2 is 2.26 bits per heavy atom. The van der Waals surface area contributed by atoms with Crippen molar-refractivity contribution < 1.29 is 13.9 Å². The van der Waals surface area contributed by atoms with Crippen LogP contribution in [0, 0.1) is 10.6 Å². The Bertz CT molecular complexity index is 754. The zero-order valence-electron chi connectivity index (χ0n) is 13.2. The fourth-order valence-electron chi connectivity index (χ4n) is 1.88. The van der Waals surface area contributed by atoms with Gasteiger partial charge in [-0.25, -0.2) is 4.39 Å². The van der Waals surface area contributed by atoms with Crippen molar-refractivity contribution >= 4 is 18.1 Å². The van der Waals surface area contributed by atoms with Gasteiger partial charge in [0.15, 0.2) is 10.6 Å². The lowest BCUT2D eigenvalue weighted by Gasteiger charge is -2.10. The van der Waals surface area contributed by atoms with Crippen LogP contribution < -0.4 is 5.32 Å². The van der Waals surface area contributed by atoms with Crippen molar-refractivity contribution in [2.24, 2.45) is 7.05 Å². The van der Waals surface area contributed by atoms with Gasteiger partial charge in [-0.1, -0.05) is 0 Å². The topological polar surface area (TPSA) is 71.9 Å². The number of amides is 1. The van der Waals surface area contributed by atoms with Gasteiger partial charge in [0.05, 0.1) is 19.3 Å². The van der Waals surface area contributed by atoms with Crippen molar-refractivity contribution in [1.29, 1.82) is 0 Å². The summed E-state index contributed by atoms with van der Waals surface area (Å²) in [5.41, 5.74) is 0.718. The lowest BCUT2D eigenvalue weighted by molar-refractivity contribution is 0.0639. The summed E-state index contributed by atoms with van der Waals surface area (Å²) in [6.07, 6.45) is -0.0147. The fraction of sp³-hybridized carbons (Fsp3) is 0.400. The minimum Gasteiger partial charge on any atom is -0.374 e. The highest BCUT2D eigenvalue weighted by Gasteiger charge is 2.11. The summed E-state index contributed by atoms with van der Waals surface area (Å²) in [5, 5.41) is 9.38. The van der Waals surface area contributed by atoms with Gasteiger partial charge in [0.25, 0.3) is 5.91 Å². The molecule has 8 heteroatoms. The molecule has 124 valence electrons. The average molecular weight is 338 g/mol. The number of rotatable bonds is 6. The van der Waals surface area contributed by atoms with E-state index in [9.17, 15) is 9.18 Å². The highest BCUT2D eigenvalue weighted by Crippen LogP contribution is 2.13. The molecule has 1 amide bonds. The number of nitrogens with one attached hydrogen (secondary N) is 2. The van der Waals surface area contributed by atoms with Crippen LogP contribution in [0.3, 0.4) is 0 Å². The van der Waals surface area contributed by atoms with E-state index in [0.29, 0.717) is 21.7 Å². The van der Waals surface area contributed by atoms with Crippen LogP contribution >= 0.6 is 12.2 Å². The largest absolute Gasteiger partial charge is 0.374 e. The second kappa shape index (κ2) is 7.47. The van der Waals surface area contributed by atoms with Gasteiger partial charge in [0.2, 0.25) is 0 Å². The summed E-state index contributed by atoms with van der Waals surface area (Å²) < 4.78 is 21.3. The van der Waals surface area contributed by atoms with Crippen LogP contribution in [0.15, 0.2) is 18.2 Å². The van der Waals surface area contributed by atoms with Gasteiger partial charge in [0, 0.05) is 18.2 Å². The van der Waals surface area contributed by atoms with Crippen LogP contribution in [-0.2, 0) is 24.9 Å². The van der Waals surface area contributed by atoms with E-state index in [1.165, 1.54) is 18.2 Å². The molecule has 0 aliphatic heterocycles. The first-order chi connectivity index (χ1) is 10.9. The lowest BCUT2D eigenvalue weighted by atomic mass is 10.1. The van der Waals surface area contributed by atoms with E-state index in [0.717, 1.165) is 0 Å². The molecule has 0 radical (unpaired) electrons. The number of aromatic nitrogens is 3. The summed E-state index contributed by atoms with van der Waals surface area (Å²) in [7, 11) is 1.76. The average Bonchev–Trinajstić information content (AvgIpc) is 2.83. The van der Waals surface area contributed by atoms with E-state index in [1.54, 1.807) is 11.6 Å². The lowest BCUT2D eigenvalue weighted by Crippen LogP contribution is -2.24. The third kappa shape index (κ3) is 4.46. The van der Waals surface area contributed by atoms with Crippen LogP contribution in [-0.4, -0.2) is 26.8 Å². The van der Waals surface area contributed by atoms with E-state index in [4.69, 9.17) is 17.0 Å². The summed E-state index contributed by atoms with van der Waals surface area (Å²) in [6, 6.07) is 4.20. The molecule has 23 heavy (non-hydrogen) atoms. The van der Waals surface area contributed by atoms with E-state index < -0.39 is 5.82 Å². The summed E-state index contributed by atoms with van der Waals surface area (Å²) in [6.45, 7) is 4.08. The molecule has 1 aromatic heterocycles. The van der Waals surface area contributed by atoms with Crippen molar-refractivity contribution in [2.45, 2.75) is 33.1 Å². The highest BCUT2D eigenvalue weighted by molar-refractivity contribution is 7.71. The van der Waals surface area contributed by atoms with Crippen molar-refractivity contribution in [3.05, 3.63) is 45.7 Å². The third-order valence-electron chi connectivity index (χ3n) is 3.26. The molecule has 2 N–H and O–H groups in total. The summed E-state index contributed by atoms with van der Waals surface area (Å²) in [4.78, 5) is 12.2. The fourth-order valence-corrected chi connectivity index (χ4v) is 2.03. The molecule has 1 heterocycles. The number of halogens is 1. The number of H-pyrrole nitrogens is 1. The Morgan fingerprint density at radius 3 is 2.87 bits per heavy atom. The SMILES string of the molecule is CC(C)OCc1cc(C(=O)NCc2n[nH]c(=S)n2C)ccc1F. The second-order valence-corrected chi connectivity index (χ2v) is 5.74. The molecular weight excluding hydrogens is 319 g/mol. The maximum absolute atomic E-state index is 13.7. The van der Waals surface area contributed by atoms with Crippen molar-refractivity contribution in [3.8, 4) is 0 Å². The number of aromatic amines is 1. The highest BCUT2D eigenvalue weighted by atomic mass is 32.1. The van der Waals surface area contributed by atoms with Crippen LogP contribution in [0.2, 0.25) is 0 Å². The van der Waals surface area contributed by atoms with Crippen LogP contribution in [0.5, 0.6) is 0 Å². The summed E-state index contributed by atoms with van der Waals surface area (Å²) >= 11 is 5.01. The molecule has 0 atom stereocenters. The van der Waals surface area contributed by atoms with Crippen molar-refractivity contribution in [3.63, 3.8) is 0 Å². The van der Waals surface area contributed by atoms with Crippen LogP contribution in [0.25, 0.3) is 0 Å². The molecule has 0 spiro atoms. The Balaban J connectivity index is 2.05.